The van der Waals surface area contributed by atoms with E-state index in [1.807, 2.05) is 25.1 Å². The predicted octanol–water partition coefficient (Wildman–Crippen LogP) is 2.97. The van der Waals surface area contributed by atoms with Gasteiger partial charge in [0.1, 0.15) is 0 Å². The van der Waals surface area contributed by atoms with Gasteiger partial charge in [0.15, 0.2) is 0 Å². The van der Waals surface area contributed by atoms with Crippen molar-refractivity contribution in [2.24, 2.45) is 0 Å². The largest absolute Gasteiger partial charge is 0.399 e. The second kappa shape index (κ2) is 6.10. The van der Waals surface area contributed by atoms with Gasteiger partial charge in [0.2, 0.25) is 5.91 Å². The highest BCUT2D eigenvalue weighted by atomic mass is 16.2. The Bertz CT molecular complexity index is 696. The van der Waals surface area contributed by atoms with Crippen LogP contribution in [0.15, 0.2) is 42.5 Å². The van der Waals surface area contributed by atoms with Crippen molar-refractivity contribution in [2.75, 3.05) is 29.0 Å². The van der Waals surface area contributed by atoms with Gasteiger partial charge in [-0.05, 0) is 49.1 Å². The maximum absolute atomic E-state index is 12.4. The van der Waals surface area contributed by atoms with Crippen molar-refractivity contribution >= 4 is 23.0 Å². The fourth-order valence-corrected chi connectivity index (χ4v) is 2.91. The first-order chi connectivity index (χ1) is 10.6. The van der Waals surface area contributed by atoms with E-state index >= 15 is 0 Å². The molecule has 0 spiro atoms. The third kappa shape index (κ3) is 3.06. The van der Waals surface area contributed by atoms with Crippen LogP contribution in [0.5, 0.6) is 0 Å². The van der Waals surface area contributed by atoms with Crippen LogP contribution in [0.4, 0.5) is 17.1 Å². The molecule has 1 amide bonds. The number of fused-ring (bicyclic) bond motifs is 1. The zero-order chi connectivity index (χ0) is 15.5. The Morgan fingerprint density at radius 2 is 2.09 bits per heavy atom. The molecular formula is C18H21N3O. The normalized spacial score (nSPS) is 13.6. The zero-order valence-corrected chi connectivity index (χ0v) is 12.8. The second-order valence-corrected chi connectivity index (χ2v) is 5.78. The molecule has 3 rings (SSSR count). The molecule has 1 aliphatic heterocycles. The lowest BCUT2D eigenvalue weighted by Crippen LogP contribution is -2.36. The van der Waals surface area contributed by atoms with Crippen LogP contribution < -0.4 is 16.0 Å². The van der Waals surface area contributed by atoms with Crippen molar-refractivity contribution in [2.45, 2.75) is 19.8 Å². The second-order valence-electron chi connectivity index (χ2n) is 5.78. The molecule has 4 heteroatoms. The summed E-state index contributed by atoms with van der Waals surface area (Å²) in [5, 5.41) is 2.97. The van der Waals surface area contributed by atoms with Gasteiger partial charge in [-0.15, -0.1) is 0 Å². The number of aryl methyl sites for hydroxylation is 2. The molecule has 22 heavy (non-hydrogen) atoms. The molecule has 0 saturated heterocycles. The smallest absolute Gasteiger partial charge is 0.243 e. The molecule has 2 aromatic rings. The molecule has 4 nitrogen and oxygen atoms in total. The van der Waals surface area contributed by atoms with Crippen LogP contribution in [0, 0.1) is 6.92 Å². The van der Waals surface area contributed by atoms with E-state index in [1.165, 1.54) is 11.3 Å². The molecule has 1 aliphatic rings. The molecule has 3 N–H and O–H groups in total. The van der Waals surface area contributed by atoms with Crippen LogP contribution in [0.3, 0.4) is 0 Å². The number of amides is 1. The first kappa shape index (κ1) is 14.4. The van der Waals surface area contributed by atoms with E-state index in [9.17, 15) is 4.79 Å². The number of benzene rings is 2. The fraction of sp³-hybridized carbons (Fsp3) is 0.278. The monoisotopic (exact) mass is 295 g/mol. The van der Waals surface area contributed by atoms with E-state index in [1.54, 1.807) is 6.07 Å². The highest BCUT2D eigenvalue weighted by molar-refractivity contribution is 5.95. The van der Waals surface area contributed by atoms with Gasteiger partial charge < -0.3 is 16.0 Å². The molecule has 1 heterocycles. The molecule has 0 aliphatic carbocycles. The van der Waals surface area contributed by atoms with Gasteiger partial charge in [-0.2, -0.15) is 0 Å². The quantitative estimate of drug-likeness (QED) is 0.856. The summed E-state index contributed by atoms with van der Waals surface area (Å²) in [6.07, 6.45) is 2.17. The number of anilines is 3. The average Bonchev–Trinajstić information content (AvgIpc) is 2.51. The third-order valence-corrected chi connectivity index (χ3v) is 4.08. The number of nitrogen functional groups attached to an aromatic ring is 1. The predicted molar refractivity (Wildman–Crippen MR) is 91.2 cm³/mol. The number of nitrogens with one attached hydrogen (secondary N) is 1. The van der Waals surface area contributed by atoms with Crippen LogP contribution in [-0.2, 0) is 11.2 Å². The topological polar surface area (TPSA) is 58.4 Å². The van der Waals surface area contributed by atoms with Gasteiger partial charge >= 0.3 is 0 Å². The van der Waals surface area contributed by atoms with E-state index in [0.29, 0.717) is 12.2 Å². The Labute approximate surface area is 130 Å². The number of hydrogen-bond donors (Lipinski definition) is 2. The minimum absolute atomic E-state index is 0.00889. The van der Waals surface area contributed by atoms with Crippen molar-refractivity contribution in [3.8, 4) is 0 Å². The lowest BCUT2D eigenvalue weighted by atomic mass is 10.0. The number of nitrogens with zero attached hydrogens (tertiary/aromatic N) is 1. The van der Waals surface area contributed by atoms with E-state index in [0.717, 1.165) is 30.6 Å². The van der Waals surface area contributed by atoms with E-state index in [-0.39, 0.29) is 5.91 Å². The lowest BCUT2D eigenvalue weighted by molar-refractivity contribution is -0.115. The minimum atomic E-state index is -0.00889. The van der Waals surface area contributed by atoms with Gasteiger partial charge in [-0.25, -0.2) is 0 Å². The summed E-state index contributed by atoms with van der Waals surface area (Å²) >= 11 is 0. The van der Waals surface area contributed by atoms with Crippen LogP contribution in [0.2, 0.25) is 0 Å². The highest BCUT2D eigenvalue weighted by Gasteiger charge is 2.18. The van der Waals surface area contributed by atoms with E-state index in [2.05, 4.69) is 28.4 Å². The van der Waals surface area contributed by atoms with Crippen LogP contribution in [0.25, 0.3) is 0 Å². The van der Waals surface area contributed by atoms with E-state index in [4.69, 9.17) is 5.73 Å². The Kier molecular flexibility index (Phi) is 4.00. The third-order valence-electron chi connectivity index (χ3n) is 4.08. The van der Waals surface area contributed by atoms with Crippen molar-refractivity contribution < 1.29 is 4.79 Å². The highest BCUT2D eigenvalue weighted by Crippen LogP contribution is 2.26. The number of rotatable bonds is 3. The van der Waals surface area contributed by atoms with Crippen molar-refractivity contribution in [3.05, 3.63) is 53.6 Å². The molecule has 0 saturated carbocycles. The van der Waals surface area contributed by atoms with Gasteiger partial charge in [-0.3, -0.25) is 4.79 Å². The fourth-order valence-electron chi connectivity index (χ4n) is 2.91. The molecule has 114 valence electrons. The van der Waals surface area contributed by atoms with E-state index < -0.39 is 0 Å². The van der Waals surface area contributed by atoms with Gasteiger partial charge in [0.25, 0.3) is 0 Å². The Morgan fingerprint density at radius 1 is 1.27 bits per heavy atom. The summed E-state index contributed by atoms with van der Waals surface area (Å²) in [4.78, 5) is 14.5. The number of carbonyl (C=O) groups excluding carboxylic acids is 1. The number of hydrogen-bond acceptors (Lipinski definition) is 3. The van der Waals surface area contributed by atoms with Crippen molar-refractivity contribution in [3.63, 3.8) is 0 Å². The lowest BCUT2D eigenvalue weighted by Gasteiger charge is -2.30. The number of carbonyl (C=O) groups is 1. The zero-order valence-electron chi connectivity index (χ0n) is 12.8. The van der Waals surface area contributed by atoms with Crippen LogP contribution >= 0.6 is 0 Å². The molecule has 0 unspecified atom stereocenters. The molecule has 2 aromatic carbocycles. The van der Waals surface area contributed by atoms with Gasteiger partial charge in [0.05, 0.1) is 6.54 Å². The summed E-state index contributed by atoms with van der Waals surface area (Å²) in [7, 11) is 0. The Morgan fingerprint density at radius 3 is 2.95 bits per heavy atom. The first-order valence-electron chi connectivity index (χ1n) is 7.62. The Balaban J connectivity index is 1.72. The molecule has 0 atom stereocenters. The molecule has 0 radical (unpaired) electrons. The van der Waals surface area contributed by atoms with Gasteiger partial charge in [-0.1, -0.05) is 24.3 Å². The summed E-state index contributed by atoms with van der Waals surface area (Å²) in [6.45, 7) is 3.25. The van der Waals surface area contributed by atoms with Gasteiger partial charge in [0, 0.05) is 23.6 Å². The number of nitrogens with two attached hydrogens (primary N) is 1. The summed E-state index contributed by atoms with van der Waals surface area (Å²) in [5.74, 6) is -0.00889. The maximum Gasteiger partial charge on any atom is 0.243 e. The number of para-hydroxylation sites is 1. The Hall–Kier alpha value is -2.49. The summed E-state index contributed by atoms with van der Waals surface area (Å²) < 4.78 is 0. The molecule has 0 bridgehead atoms. The van der Waals surface area contributed by atoms with Crippen molar-refractivity contribution in [1.82, 2.24) is 0 Å². The summed E-state index contributed by atoms with van der Waals surface area (Å²) in [5.41, 5.74) is 10.7. The maximum atomic E-state index is 12.4. The minimum Gasteiger partial charge on any atom is -0.399 e. The standard InChI is InChI=1S/C18H21N3O/c1-13-8-9-15(19)11-16(13)20-18(22)12-21-10-4-6-14-5-2-3-7-17(14)21/h2-3,5,7-9,11H,4,6,10,12,19H2,1H3,(H,20,22). The average molecular weight is 295 g/mol. The van der Waals surface area contributed by atoms with Crippen LogP contribution in [0.1, 0.15) is 17.5 Å². The summed E-state index contributed by atoms with van der Waals surface area (Å²) in [6, 6.07) is 13.9. The van der Waals surface area contributed by atoms with Crippen molar-refractivity contribution in [1.29, 1.82) is 0 Å². The molecule has 0 fully saturated rings. The van der Waals surface area contributed by atoms with Crippen LogP contribution in [-0.4, -0.2) is 19.0 Å². The SMILES string of the molecule is Cc1ccc(N)cc1NC(=O)CN1CCCc2ccccc21. The first-order valence-corrected chi connectivity index (χ1v) is 7.62. The molecule has 0 aromatic heterocycles. The molecular weight excluding hydrogens is 274 g/mol.